The maximum absolute atomic E-state index is 2.20. The fourth-order valence-electron chi connectivity index (χ4n) is 1.15. The molecule has 0 saturated carbocycles. The minimum Gasteiger partial charge on any atom is -0.350 e. The second-order valence-corrected chi connectivity index (χ2v) is 4.06. The molecule has 0 radical (unpaired) electrons. The molecule has 0 unspecified atom stereocenters. The standard InChI is InChI=1S/C9H17N2/c1-10-7-5-6-9(10)8-11(2,3)4/h5-7H,8H2,1-4H3/q+1. The topological polar surface area (TPSA) is 4.93 Å². The van der Waals surface area contributed by atoms with E-state index in [1.807, 2.05) is 0 Å². The van der Waals surface area contributed by atoms with E-state index in [2.05, 4.69) is 51.1 Å². The Labute approximate surface area is 68.6 Å². The van der Waals surface area contributed by atoms with Crippen molar-refractivity contribution in [2.75, 3.05) is 21.1 Å². The molecule has 0 bridgehead atoms. The van der Waals surface area contributed by atoms with Crippen molar-refractivity contribution >= 4 is 0 Å². The molecule has 0 saturated heterocycles. The van der Waals surface area contributed by atoms with Crippen LogP contribution in [0, 0.1) is 0 Å². The molecule has 0 aliphatic carbocycles. The van der Waals surface area contributed by atoms with E-state index in [0.29, 0.717) is 0 Å². The maximum Gasteiger partial charge on any atom is 0.119 e. The Kier molecular flexibility index (Phi) is 2.05. The minimum atomic E-state index is 0.984. The summed E-state index contributed by atoms with van der Waals surface area (Å²) in [6.07, 6.45) is 2.09. The molecule has 11 heavy (non-hydrogen) atoms. The average Bonchev–Trinajstić information content (AvgIpc) is 2.12. The Morgan fingerprint density at radius 2 is 2.00 bits per heavy atom. The van der Waals surface area contributed by atoms with Crippen LogP contribution in [0.1, 0.15) is 5.69 Å². The minimum absolute atomic E-state index is 0.984. The van der Waals surface area contributed by atoms with Crippen LogP contribution in [-0.2, 0) is 13.6 Å². The van der Waals surface area contributed by atoms with Gasteiger partial charge in [-0.25, -0.2) is 0 Å². The first-order chi connectivity index (χ1) is 4.99. The van der Waals surface area contributed by atoms with Gasteiger partial charge in [-0.05, 0) is 12.1 Å². The van der Waals surface area contributed by atoms with E-state index in [1.165, 1.54) is 5.69 Å². The van der Waals surface area contributed by atoms with Crippen LogP contribution >= 0.6 is 0 Å². The van der Waals surface area contributed by atoms with Gasteiger partial charge in [-0.2, -0.15) is 0 Å². The maximum atomic E-state index is 2.20. The Morgan fingerprint density at radius 3 is 2.36 bits per heavy atom. The van der Waals surface area contributed by atoms with Gasteiger partial charge in [0.25, 0.3) is 0 Å². The summed E-state index contributed by atoms with van der Waals surface area (Å²) in [5.74, 6) is 0. The number of aromatic nitrogens is 1. The molecule has 2 heteroatoms. The van der Waals surface area contributed by atoms with Gasteiger partial charge in [0.05, 0.1) is 26.8 Å². The van der Waals surface area contributed by atoms with Crippen LogP contribution in [0.2, 0.25) is 0 Å². The Bertz CT molecular complexity index is 230. The zero-order valence-corrected chi connectivity index (χ0v) is 7.83. The van der Waals surface area contributed by atoms with Crippen LogP contribution in [-0.4, -0.2) is 30.2 Å². The van der Waals surface area contributed by atoms with Crippen molar-refractivity contribution in [3.8, 4) is 0 Å². The van der Waals surface area contributed by atoms with Crippen LogP contribution < -0.4 is 0 Å². The van der Waals surface area contributed by atoms with Crippen LogP contribution in [0.5, 0.6) is 0 Å². The van der Waals surface area contributed by atoms with E-state index in [9.17, 15) is 0 Å². The molecule has 0 atom stereocenters. The molecular formula is C9H17N2+. The van der Waals surface area contributed by atoms with Crippen LogP contribution in [0.25, 0.3) is 0 Å². The van der Waals surface area contributed by atoms with E-state index >= 15 is 0 Å². The average molecular weight is 153 g/mol. The summed E-state index contributed by atoms with van der Waals surface area (Å²) < 4.78 is 3.15. The lowest BCUT2D eigenvalue weighted by atomic mass is 10.4. The predicted octanol–water partition coefficient (Wildman–Crippen LogP) is 1.23. The highest BCUT2D eigenvalue weighted by Crippen LogP contribution is 2.05. The SMILES string of the molecule is Cn1cccc1C[N+](C)(C)C. The van der Waals surface area contributed by atoms with Crippen LogP contribution in [0.15, 0.2) is 18.3 Å². The molecule has 0 aromatic carbocycles. The third-order valence-corrected chi connectivity index (χ3v) is 1.69. The number of aryl methyl sites for hydroxylation is 1. The molecule has 62 valence electrons. The Balaban J connectivity index is 2.72. The van der Waals surface area contributed by atoms with Gasteiger partial charge < -0.3 is 9.05 Å². The number of hydrogen-bond acceptors (Lipinski definition) is 0. The smallest absolute Gasteiger partial charge is 0.119 e. The van der Waals surface area contributed by atoms with E-state index in [-0.39, 0.29) is 0 Å². The number of quaternary nitrogens is 1. The third-order valence-electron chi connectivity index (χ3n) is 1.69. The summed E-state index contributed by atoms with van der Waals surface area (Å²) in [7, 11) is 8.69. The van der Waals surface area contributed by atoms with Crippen molar-refractivity contribution in [2.24, 2.45) is 7.05 Å². The van der Waals surface area contributed by atoms with Crippen LogP contribution in [0.4, 0.5) is 0 Å². The van der Waals surface area contributed by atoms with Gasteiger partial charge in [0.2, 0.25) is 0 Å². The number of hydrogen-bond donors (Lipinski definition) is 0. The van der Waals surface area contributed by atoms with Crippen molar-refractivity contribution < 1.29 is 4.48 Å². The van der Waals surface area contributed by atoms with E-state index in [4.69, 9.17) is 0 Å². The van der Waals surface area contributed by atoms with Crippen molar-refractivity contribution in [3.63, 3.8) is 0 Å². The Morgan fingerprint density at radius 1 is 1.36 bits per heavy atom. The molecule has 1 aromatic rings. The number of nitrogens with zero attached hydrogens (tertiary/aromatic N) is 2. The highest BCUT2D eigenvalue weighted by Gasteiger charge is 2.09. The molecule has 0 fully saturated rings. The van der Waals surface area contributed by atoms with Crippen LogP contribution in [0.3, 0.4) is 0 Å². The van der Waals surface area contributed by atoms with Gasteiger partial charge in [-0.3, -0.25) is 0 Å². The van der Waals surface area contributed by atoms with E-state index in [0.717, 1.165) is 11.0 Å². The molecule has 0 N–H and O–H groups in total. The molecule has 0 aliphatic rings. The fraction of sp³-hybridized carbons (Fsp3) is 0.556. The monoisotopic (exact) mass is 153 g/mol. The first-order valence-corrected chi connectivity index (χ1v) is 3.90. The van der Waals surface area contributed by atoms with Crippen molar-refractivity contribution in [2.45, 2.75) is 6.54 Å². The molecule has 2 nitrogen and oxygen atoms in total. The highest BCUT2D eigenvalue weighted by molar-refractivity contribution is 5.04. The molecule has 0 aliphatic heterocycles. The normalized spacial score (nSPS) is 12.0. The lowest BCUT2D eigenvalue weighted by Gasteiger charge is -2.23. The summed E-state index contributed by atoms with van der Waals surface area (Å²) in [4.78, 5) is 0. The predicted molar refractivity (Wildman–Crippen MR) is 47.1 cm³/mol. The summed E-state index contributed by atoms with van der Waals surface area (Å²) in [6.45, 7) is 1.09. The second-order valence-electron chi connectivity index (χ2n) is 4.06. The first kappa shape index (κ1) is 8.34. The zero-order chi connectivity index (χ0) is 8.48. The van der Waals surface area contributed by atoms with Crippen molar-refractivity contribution in [3.05, 3.63) is 24.0 Å². The summed E-state index contributed by atoms with van der Waals surface area (Å²) in [5, 5.41) is 0. The molecule has 1 aromatic heterocycles. The number of rotatable bonds is 2. The van der Waals surface area contributed by atoms with Gasteiger partial charge in [-0.1, -0.05) is 0 Å². The lowest BCUT2D eigenvalue weighted by molar-refractivity contribution is -0.884. The largest absolute Gasteiger partial charge is 0.350 e. The summed E-state index contributed by atoms with van der Waals surface area (Å²) in [6, 6.07) is 4.26. The van der Waals surface area contributed by atoms with Gasteiger partial charge in [-0.15, -0.1) is 0 Å². The van der Waals surface area contributed by atoms with Gasteiger partial charge in [0.15, 0.2) is 0 Å². The van der Waals surface area contributed by atoms with Gasteiger partial charge in [0, 0.05) is 13.2 Å². The summed E-state index contributed by atoms with van der Waals surface area (Å²) >= 11 is 0. The quantitative estimate of drug-likeness (QED) is 0.563. The van der Waals surface area contributed by atoms with Crippen molar-refractivity contribution in [1.29, 1.82) is 0 Å². The molecule has 0 spiro atoms. The van der Waals surface area contributed by atoms with E-state index < -0.39 is 0 Å². The highest BCUT2D eigenvalue weighted by atomic mass is 15.3. The molecule has 1 rings (SSSR count). The third kappa shape index (κ3) is 2.39. The first-order valence-electron chi connectivity index (χ1n) is 3.90. The molecular weight excluding hydrogens is 136 g/mol. The fourth-order valence-corrected chi connectivity index (χ4v) is 1.15. The summed E-state index contributed by atoms with van der Waals surface area (Å²) in [5.41, 5.74) is 1.39. The zero-order valence-electron chi connectivity index (χ0n) is 7.83. The lowest BCUT2D eigenvalue weighted by Crippen LogP contribution is -2.34. The van der Waals surface area contributed by atoms with Gasteiger partial charge in [0.1, 0.15) is 6.54 Å². The molecule has 0 amide bonds. The van der Waals surface area contributed by atoms with Gasteiger partial charge >= 0.3 is 0 Å². The molecule has 1 heterocycles. The second kappa shape index (κ2) is 2.70. The van der Waals surface area contributed by atoms with Crippen molar-refractivity contribution in [1.82, 2.24) is 4.57 Å². The Hall–Kier alpha value is -0.760. The van der Waals surface area contributed by atoms with E-state index in [1.54, 1.807) is 0 Å².